The second kappa shape index (κ2) is 8.19. The summed E-state index contributed by atoms with van der Waals surface area (Å²) in [5, 5.41) is 19.3. The normalized spacial score (nSPS) is 33.7. The first-order chi connectivity index (χ1) is 11.7. The summed E-state index contributed by atoms with van der Waals surface area (Å²) in [5.41, 5.74) is 0.269. The second-order valence-electron chi connectivity index (χ2n) is 8.45. The van der Waals surface area contributed by atoms with Crippen LogP contribution in [0.25, 0.3) is 0 Å². The molecule has 0 spiro atoms. The van der Waals surface area contributed by atoms with Crippen LogP contribution in [0.4, 0.5) is 0 Å². The number of carboxylic acids is 1. The molecule has 0 radical (unpaired) electrons. The minimum atomic E-state index is -0.827. The molecule has 2 aliphatic heterocycles. The lowest BCUT2D eigenvalue weighted by Gasteiger charge is -2.44. The Balaban J connectivity index is 1.80. The van der Waals surface area contributed by atoms with Gasteiger partial charge >= 0.3 is 5.97 Å². The zero-order chi connectivity index (χ0) is 18.7. The molecule has 5 heteroatoms. The molecule has 2 rings (SSSR count). The van der Waals surface area contributed by atoms with E-state index in [1.165, 1.54) is 5.57 Å². The van der Waals surface area contributed by atoms with E-state index in [9.17, 15) is 9.90 Å². The van der Waals surface area contributed by atoms with E-state index in [1.54, 1.807) is 0 Å². The number of aliphatic hydroxyl groups is 1. The maximum atomic E-state index is 11.1. The van der Waals surface area contributed by atoms with Crippen molar-refractivity contribution in [2.24, 2.45) is 5.92 Å². The zero-order valence-corrected chi connectivity index (χ0v) is 16.1. The van der Waals surface area contributed by atoms with E-state index < -0.39 is 11.6 Å². The summed E-state index contributed by atoms with van der Waals surface area (Å²) in [6.45, 7) is 8.63. The van der Waals surface area contributed by atoms with Crippen molar-refractivity contribution in [2.45, 2.75) is 96.1 Å². The molecule has 0 saturated carbocycles. The maximum absolute atomic E-state index is 11.1. The van der Waals surface area contributed by atoms with Crippen molar-refractivity contribution in [1.29, 1.82) is 0 Å². The Labute approximate surface area is 151 Å². The maximum Gasteiger partial charge on any atom is 0.306 e. The second-order valence-corrected chi connectivity index (χ2v) is 8.45. The van der Waals surface area contributed by atoms with Gasteiger partial charge in [-0.25, -0.2) is 0 Å². The molecule has 144 valence electrons. The van der Waals surface area contributed by atoms with Crippen molar-refractivity contribution in [3.05, 3.63) is 11.6 Å². The molecule has 2 aliphatic rings. The fourth-order valence-electron chi connectivity index (χ4n) is 3.99. The van der Waals surface area contributed by atoms with Gasteiger partial charge in [-0.05, 0) is 58.8 Å². The summed E-state index contributed by atoms with van der Waals surface area (Å²) in [6, 6.07) is 0. The van der Waals surface area contributed by atoms with Crippen molar-refractivity contribution < 1.29 is 24.5 Å². The van der Waals surface area contributed by atoms with Gasteiger partial charge in [0.2, 0.25) is 0 Å². The average Bonchev–Trinajstić information content (AvgIpc) is 2.89. The number of aliphatic hydroxyl groups excluding tert-OH is 1. The molecule has 2 heterocycles. The molecule has 5 atom stereocenters. The summed E-state index contributed by atoms with van der Waals surface area (Å²) in [5.74, 6) is -0.578. The average molecular weight is 354 g/mol. The van der Waals surface area contributed by atoms with Crippen LogP contribution in [-0.4, -0.2) is 46.2 Å². The van der Waals surface area contributed by atoms with Crippen LogP contribution in [0.5, 0.6) is 0 Å². The van der Waals surface area contributed by atoms with Crippen LogP contribution in [0, 0.1) is 5.92 Å². The fraction of sp³-hybridized carbons (Fsp3) is 0.850. The highest BCUT2D eigenvalue weighted by atomic mass is 16.6. The first-order valence-electron chi connectivity index (χ1n) is 9.51. The monoisotopic (exact) mass is 354 g/mol. The van der Waals surface area contributed by atoms with Crippen LogP contribution < -0.4 is 0 Å². The number of allylic oxidation sites excluding steroid dienone is 1. The van der Waals surface area contributed by atoms with Gasteiger partial charge in [-0.2, -0.15) is 0 Å². The first kappa shape index (κ1) is 20.4. The number of fused-ring (bicyclic) bond motifs is 2. The third-order valence-corrected chi connectivity index (χ3v) is 5.83. The zero-order valence-electron chi connectivity index (χ0n) is 16.1. The van der Waals surface area contributed by atoms with Crippen molar-refractivity contribution in [1.82, 2.24) is 0 Å². The molecule has 0 aromatic rings. The minimum absolute atomic E-state index is 0.0210. The number of aliphatic carboxylic acids is 1. The summed E-state index contributed by atoms with van der Waals surface area (Å²) >= 11 is 0. The predicted molar refractivity (Wildman–Crippen MR) is 96.5 cm³/mol. The minimum Gasteiger partial charge on any atom is -0.481 e. The number of rotatable bonds is 9. The summed E-state index contributed by atoms with van der Waals surface area (Å²) in [4.78, 5) is 11.1. The van der Waals surface area contributed by atoms with Gasteiger partial charge in [0.1, 0.15) is 5.60 Å². The molecule has 0 aromatic heterocycles. The molecule has 25 heavy (non-hydrogen) atoms. The number of hydrogen-bond acceptors (Lipinski definition) is 4. The van der Waals surface area contributed by atoms with Gasteiger partial charge in [0, 0.05) is 0 Å². The van der Waals surface area contributed by atoms with Crippen molar-refractivity contribution >= 4 is 5.97 Å². The van der Waals surface area contributed by atoms with Crippen molar-refractivity contribution in [2.75, 3.05) is 6.61 Å². The van der Waals surface area contributed by atoms with Gasteiger partial charge in [-0.15, -0.1) is 0 Å². The Morgan fingerprint density at radius 1 is 1.40 bits per heavy atom. The van der Waals surface area contributed by atoms with Crippen molar-refractivity contribution in [3.63, 3.8) is 0 Å². The van der Waals surface area contributed by atoms with Crippen LogP contribution in [-0.2, 0) is 14.3 Å². The lowest BCUT2D eigenvalue weighted by Crippen LogP contribution is -2.53. The summed E-state index contributed by atoms with van der Waals surface area (Å²) in [7, 11) is 0. The smallest absolute Gasteiger partial charge is 0.306 e. The molecular weight excluding hydrogens is 320 g/mol. The highest BCUT2D eigenvalue weighted by Gasteiger charge is 2.54. The SMILES string of the molecule is CC(C)=CCC(O)C(C)CCC[C@]1(C)OC[C@@]2(CC(=O)O)CC[C@@H]1O2. The van der Waals surface area contributed by atoms with Gasteiger partial charge in [0.15, 0.2) is 0 Å². The van der Waals surface area contributed by atoms with Crippen LogP contribution in [0.2, 0.25) is 0 Å². The van der Waals surface area contributed by atoms with Crippen LogP contribution >= 0.6 is 0 Å². The molecule has 2 fully saturated rings. The topological polar surface area (TPSA) is 76.0 Å². The molecule has 2 bridgehead atoms. The highest BCUT2D eigenvalue weighted by Crippen LogP contribution is 2.46. The number of carboxylic acid groups (broad SMARTS) is 1. The van der Waals surface area contributed by atoms with Gasteiger partial charge in [-0.3, -0.25) is 4.79 Å². The summed E-state index contributed by atoms with van der Waals surface area (Å²) in [6.07, 6.45) is 6.90. The van der Waals surface area contributed by atoms with Gasteiger partial charge in [-0.1, -0.05) is 25.0 Å². The molecule has 5 nitrogen and oxygen atoms in total. The van der Waals surface area contributed by atoms with E-state index in [1.807, 2.05) is 13.8 Å². The van der Waals surface area contributed by atoms with E-state index in [2.05, 4.69) is 19.9 Å². The van der Waals surface area contributed by atoms with Crippen LogP contribution in [0.1, 0.15) is 72.6 Å². The Morgan fingerprint density at radius 3 is 2.76 bits per heavy atom. The van der Waals surface area contributed by atoms with E-state index in [4.69, 9.17) is 14.6 Å². The molecular formula is C20H34O5. The van der Waals surface area contributed by atoms with Gasteiger partial charge in [0.25, 0.3) is 0 Å². The summed E-state index contributed by atoms with van der Waals surface area (Å²) < 4.78 is 12.2. The number of hydrogen-bond donors (Lipinski definition) is 2. The first-order valence-corrected chi connectivity index (χ1v) is 9.51. The van der Waals surface area contributed by atoms with E-state index in [-0.39, 0.29) is 30.1 Å². The molecule has 0 aliphatic carbocycles. The Bertz CT molecular complexity index is 498. The Hall–Kier alpha value is -0.910. The molecule has 0 amide bonds. The van der Waals surface area contributed by atoms with Gasteiger partial charge in [0.05, 0.1) is 30.8 Å². The quantitative estimate of drug-likeness (QED) is 0.618. The standard InChI is InChI=1S/C20H34O5/c1-14(2)7-8-16(21)15(3)6-5-10-19(4)17-9-11-20(25-17,13-24-19)12-18(22)23/h7,15-17,21H,5-6,8-13H2,1-4H3,(H,22,23)/t15?,16?,17-,19-,20-/m0/s1. The largest absolute Gasteiger partial charge is 0.481 e. The Morgan fingerprint density at radius 2 is 2.12 bits per heavy atom. The Kier molecular flexibility index (Phi) is 6.68. The third kappa shape index (κ3) is 5.28. The predicted octanol–water partition coefficient (Wildman–Crippen LogP) is 3.69. The molecule has 2 saturated heterocycles. The van der Waals surface area contributed by atoms with E-state index >= 15 is 0 Å². The van der Waals surface area contributed by atoms with E-state index in [0.29, 0.717) is 13.0 Å². The lowest BCUT2D eigenvalue weighted by atomic mass is 9.87. The molecule has 0 aromatic carbocycles. The molecule has 2 N–H and O–H groups in total. The van der Waals surface area contributed by atoms with Crippen LogP contribution in [0.3, 0.4) is 0 Å². The fourth-order valence-corrected chi connectivity index (χ4v) is 3.99. The van der Waals surface area contributed by atoms with Crippen LogP contribution in [0.15, 0.2) is 11.6 Å². The van der Waals surface area contributed by atoms with Gasteiger partial charge < -0.3 is 19.7 Å². The third-order valence-electron chi connectivity index (χ3n) is 5.83. The highest BCUT2D eigenvalue weighted by molar-refractivity contribution is 5.68. The molecule has 2 unspecified atom stereocenters. The number of ether oxygens (including phenoxy) is 2. The van der Waals surface area contributed by atoms with Crippen molar-refractivity contribution in [3.8, 4) is 0 Å². The van der Waals surface area contributed by atoms with E-state index in [0.717, 1.165) is 32.1 Å². The number of carbonyl (C=O) groups is 1. The lowest BCUT2D eigenvalue weighted by molar-refractivity contribution is -0.242.